The van der Waals surface area contributed by atoms with Gasteiger partial charge in [0.1, 0.15) is 0 Å². The molecule has 1 heteroatoms. The maximum atomic E-state index is 2.51. The molecule has 12 heavy (non-hydrogen) atoms. The standard InChI is InChI=1S/C11H25N/c1-6-10-11(7-2,8-3)12(5)9-4/h6-10H2,1-5H3. The highest BCUT2D eigenvalue weighted by molar-refractivity contribution is 4.85. The molecule has 0 aromatic heterocycles. The highest BCUT2D eigenvalue weighted by atomic mass is 15.2. The van der Waals surface area contributed by atoms with Gasteiger partial charge in [-0.3, -0.25) is 0 Å². The van der Waals surface area contributed by atoms with Crippen LogP contribution in [0.2, 0.25) is 0 Å². The predicted octanol–water partition coefficient (Wildman–Crippen LogP) is 3.30. The lowest BCUT2D eigenvalue weighted by molar-refractivity contribution is 0.103. The highest BCUT2D eigenvalue weighted by Gasteiger charge is 2.28. The van der Waals surface area contributed by atoms with Gasteiger partial charge in [0.15, 0.2) is 0 Å². The van der Waals surface area contributed by atoms with Crippen LogP contribution in [0.15, 0.2) is 0 Å². The highest BCUT2D eigenvalue weighted by Crippen LogP contribution is 2.27. The van der Waals surface area contributed by atoms with Crippen LogP contribution in [0.25, 0.3) is 0 Å². The van der Waals surface area contributed by atoms with Crippen molar-refractivity contribution in [1.82, 2.24) is 4.90 Å². The summed E-state index contributed by atoms with van der Waals surface area (Å²) < 4.78 is 0. The van der Waals surface area contributed by atoms with E-state index in [4.69, 9.17) is 0 Å². The molecule has 0 aliphatic carbocycles. The summed E-state index contributed by atoms with van der Waals surface area (Å²) >= 11 is 0. The van der Waals surface area contributed by atoms with E-state index in [0.29, 0.717) is 5.54 Å². The van der Waals surface area contributed by atoms with Gasteiger partial charge >= 0.3 is 0 Å². The van der Waals surface area contributed by atoms with Gasteiger partial charge in [0.2, 0.25) is 0 Å². The van der Waals surface area contributed by atoms with Crippen molar-refractivity contribution in [3.63, 3.8) is 0 Å². The van der Waals surface area contributed by atoms with Gasteiger partial charge in [0.05, 0.1) is 0 Å². The average Bonchev–Trinajstić information content (AvgIpc) is 2.13. The maximum absolute atomic E-state index is 2.51. The second kappa shape index (κ2) is 5.58. The molecule has 0 saturated carbocycles. The fraction of sp³-hybridized carbons (Fsp3) is 1.00. The molecule has 0 fully saturated rings. The van der Waals surface area contributed by atoms with E-state index in [0.717, 1.165) is 0 Å². The first kappa shape index (κ1) is 12.0. The molecule has 0 spiro atoms. The fourth-order valence-electron chi connectivity index (χ4n) is 2.14. The molecule has 0 radical (unpaired) electrons. The molecule has 1 nitrogen and oxygen atoms in total. The van der Waals surface area contributed by atoms with Crippen LogP contribution in [0.5, 0.6) is 0 Å². The SMILES string of the molecule is CCCC(CC)(CC)N(C)CC. The zero-order chi connectivity index (χ0) is 9.61. The van der Waals surface area contributed by atoms with Crippen molar-refractivity contribution < 1.29 is 0 Å². The lowest BCUT2D eigenvalue weighted by Crippen LogP contribution is -2.45. The molecule has 0 heterocycles. The molecule has 0 rings (SSSR count). The number of rotatable bonds is 6. The van der Waals surface area contributed by atoms with E-state index in [-0.39, 0.29) is 0 Å². The molecule has 0 aromatic rings. The van der Waals surface area contributed by atoms with Crippen LogP contribution in [0.1, 0.15) is 53.4 Å². The summed E-state index contributed by atoms with van der Waals surface area (Å²) in [6.07, 6.45) is 5.19. The Kier molecular flexibility index (Phi) is 5.56. The van der Waals surface area contributed by atoms with Crippen LogP contribution in [-0.2, 0) is 0 Å². The van der Waals surface area contributed by atoms with Crippen molar-refractivity contribution in [3.8, 4) is 0 Å². The van der Waals surface area contributed by atoms with Crippen molar-refractivity contribution in [2.75, 3.05) is 13.6 Å². The first-order valence-corrected chi connectivity index (χ1v) is 5.38. The molecular formula is C11H25N. The third-order valence-corrected chi connectivity index (χ3v) is 3.32. The molecule has 0 saturated heterocycles. The van der Waals surface area contributed by atoms with Gasteiger partial charge in [0.25, 0.3) is 0 Å². The van der Waals surface area contributed by atoms with Gasteiger partial charge in [-0.2, -0.15) is 0 Å². The van der Waals surface area contributed by atoms with Crippen molar-refractivity contribution in [1.29, 1.82) is 0 Å². The Hall–Kier alpha value is -0.0400. The van der Waals surface area contributed by atoms with Gasteiger partial charge in [-0.05, 0) is 32.9 Å². The molecule has 0 N–H and O–H groups in total. The number of nitrogens with zero attached hydrogens (tertiary/aromatic N) is 1. The van der Waals surface area contributed by atoms with E-state index in [2.05, 4.69) is 39.6 Å². The quantitative estimate of drug-likeness (QED) is 0.592. The van der Waals surface area contributed by atoms with E-state index in [9.17, 15) is 0 Å². The Bertz CT molecular complexity index is 106. The van der Waals surface area contributed by atoms with Crippen LogP contribution in [0.4, 0.5) is 0 Å². The van der Waals surface area contributed by atoms with Crippen LogP contribution in [0, 0.1) is 0 Å². The second-order valence-corrected chi connectivity index (χ2v) is 3.70. The monoisotopic (exact) mass is 171 g/mol. The summed E-state index contributed by atoms with van der Waals surface area (Å²) in [6.45, 7) is 10.3. The van der Waals surface area contributed by atoms with Gasteiger partial charge in [0, 0.05) is 5.54 Å². The van der Waals surface area contributed by atoms with Crippen LogP contribution < -0.4 is 0 Å². The van der Waals surface area contributed by atoms with Crippen molar-refractivity contribution >= 4 is 0 Å². The third kappa shape index (κ3) is 2.48. The molecular weight excluding hydrogens is 146 g/mol. The minimum absolute atomic E-state index is 0.476. The van der Waals surface area contributed by atoms with Crippen LogP contribution in [0.3, 0.4) is 0 Å². The molecule has 74 valence electrons. The van der Waals surface area contributed by atoms with Crippen molar-refractivity contribution in [2.45, 2.75) is 58.9 Å². The minimum Gasteiger partial charge on any atom is -0.301 e. The lowest BCUT2D eigenvalue weighted by atomic mass is 9.86. The van der Waals surface area contributed by atoms with E-state index >= 15 is 0 Å². The van der Waals surface area contributed by atoms with E-state index in [1.807, 2.05) is 0 Å². The Balaban J connectivity index is 4.33. The smallest absolute Gasteiger partial charge is 0.0201 e. The molecule has 0 atom stereocenters. The number of hydrogen-bond acceptors (Lipinski definition) is 1. The molecule has 0 aromatic carbocycles. The fourth-order valence-corrected chi connectivity index (χ4v) is 2.14. The van der Waals surface area contributed by atoms with Crippen molar-refractivity contribution in [2.24, 2.45) is 0 Å². The Morgan fingerprint density at radius 2 is 1.50 bits per heavy atom. The molecule has 0 amide bonds. The summed E-state index contributed by atoms with van der Waals surface area (Å²) in [5.41, 5.74) is 0.476. The topological polar surface area (TPSA) is 3.24 Å². The second-order valence-electron chi connectivity index (χ2n) is 3.70. The van der Waals surface area contributed by atoms with E-state index in [1.54, 1.807) is 0 Å². The summed E-state index contributed by atoms with van der Waals surface area (Å²) in [5.74, 6) is 0. The zero-order valence-corrected chi connectivity index (χ0v) is 9.48. The van der Waals surface area contributed by atoms with E-state index < -0.39 is 0 Å². The summed E-state index contributed by atoms with van der Waals surface area (Å²) in [5, 5.41) is 0. The van der Waals surface area contributed by atoms with Crippen LogP contribution in [-0.4, -0.2) is 24.0 Å². The van der Waals surface area contributed by atoms with Gasteiger partial charge in [-0.1, -0.05) is 34.1 Å². The Morgan fingerprint density at radius 1 is 1.00 bits per heavy atom. The lowest BCUT2D eigenvalue weighted by Gasteiger charge is -2.40. The first-order valence-electron chi connectivity index (χ1n) is 5.38. The van der Waals surface area contributed by atoms with Gasteiger partial charge < -0.3 is 4.90 Å². The molecule has 0 bridgehead atoms. The summed E-state index contributed by atoms with van der Waals surface area (Å²) in [4.78, 5) is 2.51. The van der Waals surface area contributed by atoms with Crippen LogP contribution >= 0.6 is 0 Å². The minimum atomic E-state index is 0.476. The molecule has 0 aliphatic heterocycles. The molecule has 0 unspecified atom stereocenters. The Morgan fingerprint density at radius 3 is 1.75 bits per heavy atom. The normalized spacial score (nSPS) is 12.5. The maximum Gasteiger partial charge on any atom is 0.0201 e. The van der Waals surface area contributed by atoms with E-state index in [1.165, 1.54) is 32.2 Å². The molecule has 0 aliphatic rings. The number of hydrogen-bond donors (Lipinski definition) is 0. The zero-order valence-electron chi connectivity index (χ0n) is 9.48. The first-order chi connectivity index (χ1) is 5.66. The summed E-state index contributed by atoms with van der Waals surface area (Å²) in [7, 11) is 2.25. The predicted molar refractivity (Wildman–Crippen MR) is 56.5 cm³/mol. The Labute approximate surface area is 78.1 Å². The van der Waals surface area contributed by atoms with Gasteiger partial charge in [-0.25, -0.2) is 0 Å². The average molecular weight is 171 g/mol. The summed E-state index contributed by atoms with van der Waals surface area (Å²) in [6, 6.07) is 0. The van der Waals surface area contributed by atoms with Crippen molar-refractivity contribution in [3.05, 3.63) is 0 Å². The van der Waals surface area contributed by atoms with Gasteiger partial charge in [-0.15, -0.1) is 0 Å². The largest absolute Gasteiger partial charge is 0.301 e. The third-order valence-electron chi connectivity index (χ3n) is 3.32.